The first-order valence-corrected chi connectivity index (χ1v) is 19.6. The monoisotopic (exact) mass is 806 g/mol. The maximum atomic E-state index is 14.6. The highest BCUT2D eigenvalue weighted by atomic mass is 19.1. The highest BCUT2D eigenvalue weighted by Gasteiger charge is 2.28. The van der Waals surface area contributed by atoms with E-state index in [0.29, 0.717) is 43.5 Å². The lowest BCUT2D eigenvalue weighted by molar-refractivity contribution is 0.0979. The Morgan fingerprint density at radius 1 is 0.763 bits per heavy atom. The molecule has 0 saturated carbocycles. The topological polar surface area (TPSA) is 172 Å². The number of carbonyl (C=O) groups is 1. The van der Waals surface area contributed by atoms with E-state index in [-0.39, 0.29) is 46.8 Å². The number of carbonyl (C=O) groups excluding carboxylic acids is 1. The van der Waals surface area contributed by atoms with Gasteiger partial charge in [-0.05, 0) is 105 Å². The summed E-state index contributed by atoms with van der Waals surface area (Å²) in [5, 5.41) is 25.0. The summed E-state index contributed by atoms with van der Waals surface area (Å²) in [4.78, 5) is 34.5. The van der Waals surface area contributed by atoms with Crippen LogP contribution in [0, 0.1) is 37.3 Å². The maximum absolute atomic E-state index is 14.6. The van der Waals surface area contributed by atoms with Crippen molar-refractivity contribution in [1.29, 1.82) is 0 Å². The Kier molecular flexibility index (Phi) is 12.6. The van der Waals surface area contributed by atoms with Gasteiger partial charge in [-0.25, -0.2) is 33.5 Å². The van der Waals surface area contributed by atoms with E-state index >= 15 is 0 Å². The molecule has 0 bridgehead atoms. The first kappa shape index (κ1) is 41.0. The number of aryl methyl sites for hydroxylation is 2. The first-order valence-electron chi connectivity index (χ1n) is 19.6. The summed E-state index contributed by atoms with van der Waals surface area (Å²) in [6.45, 7) is 8.69. The molecule has 6 aromatic rings. The van der Waals surface area contributed by atoms with Gasteiger partial charge < -0.3 is 40.5 Å². The number of nitrogens with two attached hydrogens (primary N) is 1. The number of methoxy groups -OCH3 is 1. The van der Waals surface area contributed by atoms with Crippen LogP contribution in [-0.4, -0.2) is 95.8 Å². The molecule has 2 aromatic heterocycles. The second-order valence-corrected chi connectivity index (χ2v) is 15.0. The number of aromatic nitrogens is 4. The van der Waals surface area contributed by atoms with Crippen molar-refractivity contribution in [2.24, 2.45) is 17.6 Å². The molecular formula is C44H48F2N8O5. The summed E-state index contributed by atoms with van der Waals surface area (Å²) in [6, 6.07) is 20.2. The minimum absolute atomic E-state index is 0.0154. The van der Waals surface area contributed by atoms with Gasteiger partial charge in [0, 0.05) is 50.6 Å². The number of amides is 1. The van der Waals surface area contributed by atoms with E-state index in [1.807, 2.05) is 50.2 Å². The number of hydrogen-bond acceptors (Lipinski definition) is 12. The van der Waals surface area contributed by atoms with Crippen LogP contribution in [0.25, 0.3) is 44.6 Å². The Bertz CT molecular complexity index is 2430. The van der Waals surface area contributed by atoms with Crippen LogP contribution in [0.1, 0.15) is 24.0 Å². The zero-order chi connectivity index (χ0) is 41.6. The summed E-state index contributed by atoms with van der Waals surface area (Å²) in [6.07, 6.45) is 1.40. The van der Waals surface area contributed by atoms with E-state index in [0.717, 1.165) is 65.7 Å². The van der Waals surface area contributed by atoms with E-state index in [1.165, 1.54) is 36.4 Å². The Hall–Kier alpha value is -6.19. The molecule has 0 aliphatic carbocycles. The number of aromatic hydroxyl groups is 2. The fourth-order valence-corrected chi connectivity index (χ4v) is 7.53. The van der Waals surface area contributed by atoms with E-state index in [1.54, 1.807) is 7.11 Å². The summed E-state index contributed by atoms with van der Waals surface area (Å²) < 4.78 is 38.8. The fourth-order valence-electron chi connectivity index (χ4n) is 7.53. The molecule has 15 heteroatoms. The average molecular weight is 807 g/mol. The lowest BCUT2D eigenvalue weighted by atomic mass is 10.1. The van der Waals surface area contributed by atoms with Crippen LogP contribution < -0.4 is 20.9 Å². The molecule has 13 nitrogen and oxygen atoms in total. The van der Waals surface area contributed by atoms with Gasteiger partial charge in [-0.15, -0.1) is 0 Å². The van der Waals surface area contributed by atoms with Gasteiger partial charge in [-0.1, -0.05) is 24.3 Å². The molecule has 8 rings (SSSR count). The molecule has 0 unspecified atom stereocenters. The second kappa shape index (κ2) is 18.2. The summed E-state index contributed by atoms with van der Waals surface area (Å²) in [5.74, 6) is 0.940. The number of benzene rings is 4. The summed E-state index contributed by atoms with van der Waals surface area (Å²) >= 11 is 0. The third-order valence-electron chi connectivity index (χ3n) is 10.7. The van der Waals surface area contributed by atoms with Gasteiger partial charge >= 0.3 is 6.09 Å². The van der Waals surface area contributed by atoms with Crippen LogP contribution in [0.5, 0.6) is 11.5 Å². The molecule has 308 valence electrons. The van der Waals surface area contributed by atoms with Gasteiger partial charge in [-0.3, -0.25) is 0 Å². The minimum atomic E-state index is -0.580. The number of hydrogen-bond donors (Lipinski definition) is 4. The van der Waals surface area contributed by atoms with Crippen molar-refractivity contribution >= 4 is 39.5 Å². The lowest BCUT2D eigenvalue weighted by Gasteiger charge is -2.21. The molecule has 0 spiro atoms. The third-order valence-corrected chi connectivity index (χ3v) is 10.7. The van der Waals surface area contributed by atoms with Crippen molar-refractivity contribution in [1.82, 2.24) is 25.3 Å². The smallest absolute Gasteiger partial charge is 0.407 e. The Balaban J connectivity index is 0.000000184. The van der Waals surface area contributed by atoms with Gasteiger partial charge in [0.2, 0.25) is 0 Å². The van der Waals surface area contributed by atoms with Crippen LogP contribution in [0.2, 0.25) is 0 Å². The minimum Gasteiger partial charge on any atom is -0.507 e. The standard InChI is InChI=1S/C24H27FN4O4.C20H21FN4O/c1-15-6-7-17-19(12-15)27-22(21-18(25)4-3-5-20(21)30)28-23(17)29-9-8-16(14-29)13-26-24(31)33-11-10-32-2;1-12-5-6-14-16(9-12)23-19(18-15(21)3-2-4-17(18)26)24-20(14)25-8-7-13(10-22)11-25/h3-7,12,16,30H,8-11,13-14H2,1-2H3,(H,26,31);2-6,9,13,26H,7-8,10-11,22H2,1H3/t16-;13-/m00/s1. The van der Waals surface area contributed by atoms with E-state index in [4.69, 9.17) is 15.2 Å². The van der Waals surface area contributed by atoms with Crippen molar-refractivity contribution in [2.75, 3.05) is 69.4 Å². The predicted molar refractivity (Wildman–Crippen MR) is 224 cm³/mol. The van der Waals surface area contributed by atoms with Crippen LogP contribution in [0.3, 0.4) is 0 Å². The van der Waals surface area contributed by atoms with E-state index < -0.39 is 17.7 Å². The lowest BCUT2D eigenvalue weighted by Crippen LogP contribution is -2.32. The number of nitrogens with one attached hydrogen (secondary N) is 1. The number of anilines is 2. The van der Waals surface area contributed by atoms with Crippen LogP contribution in [0.15, 0.2) is 72.8 Å². The quantitative estimate of drug-likeness (QED) is 0.106. The van der Waals surface area contributed by atoms with Crippen molar-refractivity contribution in [3.05, 3.63) is 95.6 Å². The second-order valence-electron chi connectivity index (χ2n) is 15.0. The number of phenols is 2. The molecule has 4 aromatic carbocycles. The Morgan fingerprint density at radius 2 is 1.27 bits per heavy atom. The largest absolute Gasteiger partial charge is 0.507 e. The third kappa shape index (κ3) is 9.26. The number of halogens is 2. The van der Waals surface area contributed by atoms with Crippen molar-refractivity contribution < 1.29 is 33.3 Å². The first-order chi connectivity index (χ1) is 28.5. The maximum Gasteiger partial charge on any atom is 0.407 e. The Labute approximate surface area is 340 Å². The number of nitrogens with zero attached hydrogens (tertiary/aromatic N) is 6. The Morgan fingerprint density at radius 3 is 1.75 bits per heavy atom. The molecule has 4 heterocycles. The zero-order valence-electron chi connectivity index (χ0n) is 33.3. The van der Waals surface area contributed by atoms with Gasteiger partial charge in [0.15, 0.2) is 11.6 Å². The number of rotatable bonds is 10. The van der Waals surface area contributed by atoms with Gasteiger partial charge in [0.1, 0.15) is 41.4 Å². The zero-order valence-corrected chi connectivity index (χ0v) is 33.3. The molecule has 0 radical (unpaired) electrons. The van der Waals surface area contributed by atoms with Crippen molar-refractivity contribution in [2.45, 2.75) is 26.7 Å². The van der Waals surface area contributed by atoms with E-state index in [2.05, 4.69) is 35.1 Å². The molecule has 2 fully saturated rings. The number of alkyl carbamates (subject to hydrolysis) is 1. The summed E-state index contributed by atoms with van der Waals surface area (Å²) in [5.41, 5.74) is 9.35. The predicted octanol–water partition coefficient (Wildman–Crippen LogP) is 6.88. The molecule has 5 N–H and O–H groups in total. The highest BCUT2D eigenvalue weighted by Crippen LogP contribution is 2.37. The number of fused-ring (bicyclic) bond motifs is 2. The van der Waals surface area contributed by atoms with Gasteiger partial charge in [-0.2, -0.15) is 0 Å². The molecule has 2 saturated heterocycles. The van der Waals surface area contributed by atoms with Crippen LogP contribution >= 0.6 is 0 Å². The molecule has 59 heavy (non-hydrogen) atoms. The molecule has 2 aliphatic rings. The summed E-state index contributed by atoms with van der Waals surface area (Å²) in [7, 11) is 1.55. The highest BCUT2D eigenvalue weighted by molar-refractivity contribution is 5.93. The van der Waals surface area contributed by atoms with Crippen molar-refractivity contribution in [3.8, 4) is 34.3 Å². The normalized spacial score (nSPS) is 16.4. The number of phenolic OH excluding ortho intramolecular Hbond substituents is 2. The van der Waals surface area contributed by atoms with Crippen LogP contribution in [0.4, 0.5) is 25.2 Å². The van der Waals surface area contributed by atoms with Crippen LogP contribution in [-0.2, 0) is 9.47 Å². The number of ether oxygens (including phenoxy) is 2. The molecule has 1 amide bonds. The van der Waals surface area contributed by atoms with Gasteiger partial charge in [0.25, 0.3) is 0 Å². The van der Waals surface area contributed by atoms with Gasteiger partial charge in [0.05, 0.1) is 28.8 Å². The fraction of sp³-hybridized carbons (Fsp3) is 0.341. The molecular weight excluding hydrogens is 759 g/mol. The van der Waals surface area contributed by atoms with E-state index in [9.17, 15) is 23.8 Å². The average Bonchev–Trinajstić information content (AvgIpc) is 3.90. The SMILES string of the molecule is COCCOC(=O)NC[C@@H]1CCN(c2nc(-c3c(O)cccc3F)nc3cc(C)ccc23)C1.Cc1ccc2c(N3CC[C@@H](CN)C3)nc(-c3c(O)cccc3F)nc2c1. The van der Waals surface area contributed by atoms with Crippen molar-refractivity contribution in [3.63, 3.8) is 0 Å². The molecule has 2 atom stereocenters. The molecule has 2 aliphatic heterocycles.